The van der Waals surface area contributed by atoms with Crippen LogP contribution in [-0.4, -0.2) is 141 Å². The molecule has 0 spiro atoms. The number of ether oxygens (including phenoxy) is 7. The highest BCUT2D eigenvalue weighted by Gasteiger charge is 2.49. The van der Waals surface area contributed by atoms with Gasteiger partial charge in [0.25, 0.3) is 11.1 Å². The summed E-state index contributed by atoms with van der Waals surface area (Å²) in [6.45, 7) is -1.29. The Morgan fingerprint density at radius 1 is 0.561 bits per heavy atom. The lowest BCUT2D eigenvalue weighted by Gasteiger charge is -2.31. The average Bonchev–Trinajstić information content (AvgIpc) is 1.61. The van der Waals surface area contributed by atoms with Crippen LogP contribution in [-0.2, 0) is 129 Å². The average molecular weight is 1580 g/mol. The monoisotopic (exact) mass is 1580 g/mol. The topological polar surface area (TPSA) is 546 Å². The standard InChI is InChI=1S/C61H64F2N10O30P4/c1-5-60(80)35-17-43-49-31(21-72(43)51(74)33(35)23-93-53(60)76)47-39(9-7-29-27(3)37(62)19-41(65-49)45(29)47)67-58(78)95-25-100-106(86,87)102-104(82,83)98-15-12-91-56-69-55(90-11-14-97-64)70-57(71-56)92-13-16-99-105(84,85)103-107(88,89)101-26-96-59(79)68-40-10-8-30-28(4)38(63)20-42-46(30)48(40)32-22-73-44(50(32)66-42)18-36-34(52(73)75)24-94-54(77)61(36,81)6-2/h17-20,39-40,80-81H,5-16,21-26,64H2,1-4H3,(H,67,78)(H,68,79)(H,82,83)(H,84,85)(H,86,87)(H,88,89)/t39-,40-,60-,61-/m0/s1. The molecule has 4 unspecified atom stereocenters. The Bertz CT molecular complexity index is 4940. The molecule has 6 aliphatic rings. The maximum atomic E-state index is 15.4. The van der Waals surface area contributed by atoms with E-state index in [1.54, 1.807) is 13.8 Å². The Balaban J connectivity index is 0.571. The molecule has 40 nitrogen and oxygen atoms in total. The number of hydrogen-bond acceptors (Lipinski definition) is 32. The summed E-state index contributed by atoms with van der Waals surface area (Å²) in [5, 5.41) is 29.0. The second kappa shape index (κ2) is 29.3. The molecular weight excluding hydrogens is 1510 g/mol. The number of aliphatic hydroxyl groups is 2. The van der Waals surface area contributed by atoms with Crippen LogP contribution >= 0.6 is 31.3 Å². The molecule has 107 heavy (non-hydrogen) atoms. The normalized spacial score (nSPS) is 20.8. The van der Waals surface area contributed by atoms with Gasteiger partial charge in [0.15, 0.2) is 11.2 Å². The highest BCUT2D eigenvalue weighted by Crippen LogP contribution is 2.62. The number of nitrogens with zero attached hydrogens (tertiary/aromatic N) is 7. The van der Waals surface area contributed by atoms with Crippen molar-refractivity contribution in [3.05, 3.63) is 123 Å². The highest BCUT2D eigenvalue weighted by atomic mass is 31.3. The van der Waals surface area contributed by atoms with Gasteiger partial charge in [0.05, 0.1) is 83.3 Å². The van der Waals surface area contributed by atoms with Crippen molar-refractivity contribution >= 4 is 77.2 Å². The molecule has 46 heteroatoms. The van der Waals surface area contributed by atoms with Crippen LogP contribution in [0.25, 0.3) is 44.6 Å². The van der Waals surface area contributed by atoms with E-state index in [1.807, 2.05) is 0 Å². The van der Waals surface area contributed by atoms with Gasteiger partial charge in [-0.2, -0.15) is 8.62 Å². The van der Waals surface area contributed by atoms with Gasteiger partial charge in [0, 0.05) is 45.2 Å². The summed E-state index contributed by atoms with van der Waals surface area (Å²) in [6.07, 6.45) is -2.01. The van der Waals surface area contributed by atoms with Crippen molar-refractivity contribution in [3.63, 3.8) is 0 Å². The van der Waals surface area contributed by atoms with Gasteiger partial charge >= 0.3 is 73.4 Å². The molecule has 0 bridgehead atoms. The van der Waals surface area contributed by atoms with Crippen molar-refractivity contribution in [2.45, 2.75) is 116 Å². The number of aromatic nitrogens is 7. The molecule has 7 aromatic rings. The lowest BCUT2D eigenvalue weighted by molar-refractivity contribution is -0.172. The van der Waals surface area contributed by atoms with Crippen LogP contribution in [0.1, 0.15) is 118 Å². The van der Waals surface area contributed by atoms with Crippen molar-refractivity contribution in [1.29, 1.82) is 0 Å². The summed E-state index contributed by atoms with van der Waals surface area (Å²) in [5.41, 5.74) is -0.605. The number of carbonyl (C=O) groups excluding carboxylic acids is 4. The summed E-state index contributed by atoms with van der Waals surface area (Å²) >= 11 is 0. The van der Waals surface area contributed by atoms with E-state index < -0.39 is 173 Å². The first kappa shape index (κ1) is 76.5. The smallest absolute Gasteiger partial charge is 0.461 e. The second-order valence-corrected chi connectivity index (χ2v) is 30.8. The maximum Gasteiger partial charge on any atom is 0.484 e. The van der Waals surface area contributed by atoms with Gasteiger partial charge < -0.3 is 87.6 Å². The van der Waals surface area contributed by atoms with E-state index in [1.165, 1.54) is 47.2 Å². The van der Waals surface area contributed by atoms with Crippen molar-refractivity contribution in [2.24, 2.45) is 5.90 Å². The van der Waals surface area contributed by atoms with E-state index >= 15 is 8.78 Å². The quantitative estimate of drug-likeness (QED) is 0.00792. The van der Waals surface area contributed by atoms with Crippen LogP contribution in [0.2, 0.25) is 0 Å². The molecule has 5 aromatic heterocycles. The van der Waals surface area contributed by atoms with Gasteiger partial charge in [-0.15, -0.1) is 15.0 Å². The first-order chi connectivity index (χ1) is 50.7. The summed E-state index contributed by atoms with van der Waals surface area (Å²) in [5.74, 6) is 2.02. The fourth-order valence-electron chi connectivity index (χ4n) is 13.7. The number of cyclic esters (lactones) is 2. The maximum absolute atomic E-state index is 15.4. The SMILES string of the molecule is CC[C@@]1(O)C(=O)OCc2c1cc1n(c2=O)Cc2c-1nc1cc(F)c(C)c3c1c2[C@@H](NC(=O)OCOP(=O)(O)OP(=O)(O)OCCOc1nc(OCCON)nc(OCCOP(=O)(O)OP(=O)(O)OCOC(=O)N[C@H]2CCc4c(C)c(F)cc5nc6c(c2c45)Cn2c-6cc4c(c2=O)COC(=O)[C@]4(O)CC)n1)CC3. The highest BCUT2D eigenvalue weighted by molar-refractivity contribution is 7.61. The van der Waals surface area contributed by atoms with Crippen LogP contribution < -0.4 is 41.9 Å². The van der Waals surface area contributed by atoms with E-state index in [9.17, 15) is 76.8 Å². The zero-order valence-corrected chi connectivity index (χ0v) is 60.0. The third-order valence-corrected chi connectivity index (χ3v) is 23.9. The first-order valence-electron chi connectivity index (χ1n) is 32.5. The van der Waals surface area contributed by atoms with Crippen molar-refractivity contribution in [2.75, 3.05) is 53.2 Å². The predicted octanol–water partition coefficient (Wildman–Crippen LogP) is 4.82. The van der Waals surface area contributed by atoms with Gasteiger partial charge in [0.2, 0.25) is 13.6 Å². The van der Waals surface area contributed by atoms with Crippen LogP contribution in [0.5, 0.6) is 18.0 Å². The molecule has 4 aliphatic heterocycles. The van der Waals surface area contributed by atoms with Gasteiger partial charge in [-0.05, 0) is 97.9 Å². The largest absolute Gasteiger partial charge is 0.484 e. The van der Waals surface area contributed by atoms with Crippen LogP contribution in [0.15, 0.2) is 33.9 Å². The first-order valence-corrected chi connectivity index (χ1v) is 38.4. The number of halogens is 2. The third kappa shape index (κ3) is 14.8. The molecule has 2 aliphatic carbocycles. The molecular formula is C61H64F2N10O30P4. The molecule has 572 valence electrons. The van der Waals surface area contributed by atoms with Crippen molar-refractivity contribution in [1.82, 2.24) is 44.7 Å². The molecule has 10 N–H and O–H groups in total. The molecule has 2 amide bonds. The molecule has 8 atom stereocenters. The van der Waals surface area contributed by atoms with E-state index in [-0.39, 0.29) is 121 Å². The molecule has 0 fully saturated rings. The van der Waals surface area contributed by atoms with Crippen LogP contribution in [0, 0.1) is 25.5 Å². The molecule has 13 rings (SSSR count). The van der Waals surface area contributed by atoms with Gasteiger partial charge in [-0.3, -0.25) is 18.6 Å². The van der Waals surface area contributed by atoms with Crippen LogP contribution in [0.3, 0.4) is 0 Å². The number of nitrogens with one attached hydrogen (secondary N) is 2. The summed E-state index contributed by atoms with van der Waals surface area (Å²) in [7, 11) is -22.3. The number of aryl methyl sites for hydroxylation is 2. The molecule has 0 saturated heterocycles. The second-order valence-electron chi connectivity index (χ2n) is 24.8. The minimum Gasteiger partial charge on any atom is -0.461 e. The summed E-state index contributed by atoms with van der Waals surface area (Å²) < 4.78 is 149. The Kier molecular flexibility index (Phi) is 21.0. The number of fused-ring (bicyclic) bond motifs is 10. The summed E-state index contributed by atoms with van der Waals surface area (Å²) in [6, 6.07) is 1.65. The fourth-order valence-corrected chi connectivity index (χ4v) is 17.5. The number of alkyl carbamates (subject to hydrolysis) is 2. The van der Waals surface area contributed by atoms with Crippen molar-refractivity contribution in [3.8, 4) is 40.8 Å². The molecule has 9 heterocycles. The van der Waals surface area contributed by atoms with Gasteiger partial charge in [0.1, 0.15) is 51.3 Å². The zero-order valence-electron chi connectivity index (χ0n) is 56.4. The number of amides is 2. The zero-order chi connectivity index (χ0) is 76.6. The Labute approximate surface area is 599 Å². The number of hydrogen-bond donors (Lipinski definition) is 9. The number of nitrogens with two attached hydrogens (primary N) is 1. The third-order valence-electron chi connectivity index (χ3n) is 18.7. The van der Waals surface area contributed by atoms with Gasteiger partial charge in [-0.25, -0.2) is 71.1 Å². The fraction of sp³-hybridized carbons (Fsp3) is 0.426. The molecule has 0 saturated carbocycles. The minimum atomic E-state index is -5.61. The number of phosphoric acid groups is 4. The van der Waals surface area contributed by atoms with Crippen molar-refractivity contribution < 1.29 is 141 Å². The van der Waals surface area contributed by atoms with E-state index in [4.69, 9.17) is 58.1 Å². The molecule has 2 aromatic carbocycles. The van der Waals surface area contributed by atoms with E-state index in [0.29, 0.717) is 55.3 Å². The Morgan fingerprint density at radius 3 is 1.31 bits per heavy atom. The number of phosphoric ester groups is 4. The number of pyridine rings is 4. The Morgan fingerprint density at radius 2 is 0.935 bits per heavy atom. The Hall–Kier alpha value is -8.73. The molecule has 0 radical (unpaired) electrons. The van der Waals surface area contributed by atoms with E-state index in [0.717, 1.165) is 0 Å². The number of rotatable bonds is 28. The van der Waals surface area contributed by atoms with E-state index in [2.05, 4.69) is 48.1 Å². The summed E-state index contributed by atoms with van der Waals surface area (Å²) in [4.78, 5) is 147. The lowest BCUT2D eigenvalue weighted by Crippen LogP contribution is -2.44. The minimum absolute atomic E-state index is 0.0328. The van der Waals surface area contributed by atoms with Gasteiger partial charge in [-0.1, -0.05) is 13.8 Å². The number of carbonyl (C=O) groups is 4. The predicted molar refractivity (Wildman–Crippen MR) is 352 cm³/mol. The van der Waals surface area contributed by atoms with Crippen LogP contribution in [0.4, 0.5) is 18.4 Å². The number of esters is 2. The lowest BCUT2D eigenvalue weighted by atomic mass is 9.81. The number of benzene rings is 2.